The zero-order chi connectivity index (χ0) is 21.2. The van der Waals surface area contributed by atoms with E-state index in [4.69, 9.17) is 4.74 Å². The standard InChI is InChI=1S/C24H27N3O3/c1-2-3-4-5-16-30-21-13-11-19(12-14-21)24(29)27-26-22(28)17-20-9-6-8-18-10-7-15-25-23(18)20/h6-15H,2-5,16-17H2,1H3,(H,26,28)(H,27,29). The number of nitrogens with one attached hydrogen (secondary N) is 2. The third-order valence-electron chi connectivity index (χ3n) is 4.77. The highest BCUT2D eigenvalue weighted by Crippen LogP contribution is 2.16. The summed E-state index contributed by atoms with van der Waals surface area (Å²) >= 11 is 0. The quantitative estimate of drug-likeness (QED) is 0.413. The van der Waals surface area contributed by atoms with Gasteiger partial charge in [0.05, 0.1) is 18.5 Å². The Hall–Kier alpha value is -3.41. The number of amides is 2. The molecular formula is C24H27N3O3. The maximum absolute atomic E-state index is 12.3. The van der Waals surface area contributed by atoms with E-state index >= 15 is 0 Å². The molecule has 0 spiro atoms. The Morgan fingerprint density at radius 1 is 0.933 bits per heavy atom. The second-order valence-corrected chi connectivity index (χ2v) is 7.10. The zero-order valence-corrected chi connectivity index (χ0v) is 17.2. The first kappa shape index (κ1) is 21.3. The van der Waals surface area contributed by atoms with Gasteiger partial charge in [-0.15, -0.1) is 0 Å². The molecule has 2 N–H and O–H groups in total. The Balaban J connectivity index is 1.47. The van der Waals surface area contributed by atoms with Gasteiger partial charge >= 0.3 is 0 Å². The van der Waals surface area contributed by atoms with Gasteiger partial charge < -0.3 is 4.74 Å². The van der Waals surface area contributed by atoms with Gasteiger partial charge in [0, 0.05) is 17.1 Å². The lowest BCUT2D eigenvalue weighted by atomic mass is 10.1. The molecule has 0 atom stereocenters. The van der Waals surface area contributed by atoms with Gasteiger partial charge in [-0.1, -0.05) is 50.5 Å². The van der Waals surface area contributed by atoms with Crippen LogP contribution >= 0.6 is 0 Å². The van der Waals surface area contributed by atoms with Crippen LogP contribution in [0.1, 0.15) is 48.5 Å². The molecule has 0 fully saturated rings. The van der Waals surface area contributed by atoms with E-state index in [0.717, 1.165) is 35.1 Å². The number of aromatic nitrogens is 1. The number of nitrogens with zero attached hydrogens (tertiary/aromatic N) is 1. The number of hydrazine groups is 1. The molecule has 0 aliphatic heterocycles. The van der Waals surface area contributed by atoms with E-state index in [0.29, 0.717) is 12.2 Å². The fourth-order valence-electron chi connectivity index (χ4n) is 3.15. The molecule has 0 aliphatic rings. The van der Waals surface area contributed by atoms with Gasteiger partial charge in [-0.25, -0.2) is 0 Å². The number of pyridine rings is 1. The fourth-order valence-corrected chi connectivity index (χ4v) is 3.15. The minimum atomic E-state index is -0.381. The fraction of sp³-hybridized carbons (Fsp3) is 0.292. The van der Waals surface area contributed by atoms with E-state index in [1.807, 2.05) is 30.3 Å². The summed E-state index contributed by atoms with van der Waals surface area (Å²) in [5, 5.41) is 0.972. The first-order chi connectivity index (χ1) is 14.7. The maximum Gasteiger partial charge on any atom is 0.269 e. The van der Waals surface area contributed by atoms with Gasteiger partial charge in [-0.05, 0) is 42.3 Å². The highest BCUT2D eigenvalue weighted by Gasteiger charge is 2.10. The first-order valence-electron chi connectivity index (χ1n) is 10.3. The molecule has 30 heavy (non-hydrogen) atoms. The summed E-state index contributed by atoms with van der Waals surface area (Å²) < 4.78 is 5.68. The van der Waals surface area contributed by atoms with Crippen LogP contribution in [-0.4, -0.2) is 23.4 Å². The minimum Gasteiger partial charge on any atom is -0.494 e. The van der Waals surface area contributed by atoms with Crippen molar-refractivity contribution >= 4 is 22.7 Å². The molecule has 0 aliphatic carbocycles. The predicted molar refractivity (Wildman–Crippen MR) is 117 cm³/mol. The molecule has 3 rings (SSSR count). The molecule has 0 radical (unpaired) electrons. The van der Waals surface area contributed by atoms with Crippen LogP contribution in [0.25, 0.3) is 10.9 Å². The second kappa shape index (κ2) is 11.0. The van der Waals surface area contributed by atoms with Crippen LogP contribution in [0, 0.1) is 0 Å². The summed E-state index contributed by atoms with van der Waals surface area (Å²) in [5.41, 5.74) is 6.95. The van der Waals surface area contributed by atoms with Crippen molar-refractivity contribution in [1.82, 2.24) is 15.8 Å². The molecule has 156 valence electrons. The molecule has 0 bridgehead atoms. The second-order valence-electron chi connectivity index (χ2n) is 7.10. The Kier molecular flexibility index (Phi) is 7.78. The molecule has 0 saturated carbocycles. The summed E-state index contributed by atoms with van der Waals surface area (Å²) in [6.07, 6.45) is 6.41. The van der Waals surface area contributed by atoms with Crippen molar-refractivity contribution in [1.29, 1.82) is 0 Å². The molecule has 3 aromatic rings. The number of benzene rings is 2. The third-order valence-corrected chi connectivity index (χ3v) is 4.77. The Morgan fingerprint density at radius 3 is 2.53 bits per heavy atom. The molecule has 2 amide bonds. The van der Waals surface area contributed by atoms with E-state index < -0.39 is 0 Å². The lowest BCUT2D eigenvalue weighted by molar-refractivity contribution is -0.121. The molecule has 0 saturated heterocycles. The summed E-state index contributed by atoms with van der Waals surface area (Å²) in [6, 6.07) is 16.4. The summed E-state index contributed by atoms with van der Waals surface area (Å²) in [5.74, 6) is 0.0398. The molecule has 1 heterocycles. The molecular weight excluding hydrogens is 378 g/mol. The number of ether oxygens (including phenoxy) is 1. The smallest absolute Gasteiger partial charge is 0.269 e. The molecule has 1 aromatic heterocycles. The highest BCUT2D eigenvalue weighted by molar-refractivity contribution is 5.96. The van der Waals surface area contributed by atoms with Crippen molar-refractivity contribution < 1.29 is 14.3 Å². The normalized spacial score (nSPS) is 10.6. The van der Waals surface area contributed by atoms with Crippen molar-refractivity contribution in [2.45, 2.75) is 39.0 Å². The number of rotatable bonds is 9. The monoisotopic (exact) mass is 405 g/mol. The van der Waals surface area contributed by atoms with Gasteiger partial charge in [0.25, 0.3) is 5.91 Å². The number of para-hydroxylation sites is 1. The van der Waals surface area contributed by atoms with Crippen molar-refractivity contribution in [3.05, 3.63) is 71.9 Å². The predicted octanol–water partition coefficient (Wildman–Crippen LogP) is 4.20. The molecule has 2 aromatic carbocycles. The lowest BCUT2D eigenvalue weighted by Crippen LogP contribution is -2.42. The van der Waals surface area contributed by atoms with Gasteiger partial charge in [-0.2, -0.15) is 0 Å². The van der Waals surface area contributed by atoms with Crippen LogP contribution in [0.5, 0.6) is 5.75 Å². The SMILES string of the molecule is CCCCCCOc1ccc(C(=O)NNC(=O)Cc2cccc3cccnc23)cc1. The summed E-state index contributed by atoms with van der Waals surface area (Å²) in [7, 11) is 0. The van der Waals surface area contributed by atoms with Gasteiger partial charge in [0.1, 0.15) is 5.75 Å². The van der Waals surface area contributed by atoms with Crippen molar-refractivity contribution in [2.24, 2.45) is 0 Å². The van der Waals surface area contributed by atoms with Gasteiger partial charge in [0.15, 0.2) is 0 Å². The Bertz CT molecular complexity index is 981. The van der Waals surface area contributed by atoms with E-state index in [1.165, 1.54) is 12.8 Å². The van der Waals surface area contributed by atoms with Crippen LogP contribution in [0.4, 0.5) is 0 Å². The molecule has 0 unspecified atom stereocenters. The minimum absolute atomic E-state index is 0.124. The summed E-state index contributed by atoms with van der Waals surface area (Å²) in [6.45, 7) is 2.85. The lowest BCUT2D eigenvalue weighted by Gasteiger charge is -2.10. The number of carbonyl (C=O) groups excluding carboxylic acids is 2. The number of hydrogen-bond donors (Lipinski definition) is 2. The third kappa shape index (κ3) is 6.04. The number of fused-ring (bicyclic) bond motifs is 1. The first-order valence-corrected chi connectivity index (χ1v) is 10.3. The largest absolute Gasteiger partial charge is 0.494 e. The average molecular weight is 405 g/mol. The van der Waals surface area contributed by atoms with Crippen molar-refractivity contribution in [2.75, 3.05) is 6.61 Å². The van der Waals surface area contributed by atoms with Crippen LogP contribution in [0.2, 0.25) is 0 Å². The summed E-state index contributed by atoms with van der Waals surface area (Å²) in [4.78, 5) is 28.9. The number of hydrogen-bond acceptors (Lipinski definition) is 4. The zero-order valence-electron chi connectivity index (χ0n) is 17.2. The topological polar surface area (TPSA) is 80.3 Å². The van der Waals surface area contributed by atoms with E-state index in [-0.39, 0.29) is 18.2 Å². The molecule has 6 heteroatoms. The van der Waals surface area contributed by atoms with E-state index in [1.54, 1.807) is 30.5 Å². The highest BCUT2D eigenvalue weighted by atomic mass is 16.5. The van der Waals surface area contributed by atoms with Crippen molar-refractivity contribution in [3.63, 3.8) is 0 Å². The number of carbonyl (C=O) groups is 2. The van der Waals surface area contributed by atoms with Crippen LogP contribution in [0.15, 0.2) is 60.8 Å². The van der Waals surface area contributed by atoms with Crippen LogP contribution < -0.4 is 15.6 Å². The molecule has 6 nitrogen and oxygen atoms in total. The van der Waals surface area contributed by atoms with Crippen LogP contribution in [0.3, 0.4) is 0 Å². The Labute approximate surface area is 176 Å². The van der Waals surface area contributed by atoms with Gasteiger partial charge in [-0.3, -0.25) is 25.4 Å². The van der Waals surface area contributed by atoms with Crippen LogP contribution in [-0.2, 0) is 11.2 Å². The maximum atomic E-state index is 12.3. The van der Waals surface area contributed by atoms with Crippen molar-refractivity contribution in [3.8, 4) is 5.75 Å². The van der Waals surface area contributed by atoms with Gasteiger partial charge in [0.2, 0.25) is 5.91 Å². The average Bonchev–Trinajstić information content (AvgIpc) is 2.78. The Morgan fingerprint density at radius 2 is 1.73 bits per heavy atom. The van der Waals surface area contributed by atoms with E-state index in [2.05, 4.69) is 22.8 Å². The van der Waals surface area contributed by atoms with E-state index in [9.17, 15) is 9.59 Å². The number of unbranched alkanes of at least 4 members (excludes halogenated alkanes) is 3.